The second kappa shape index (κ2) is 5.41. The Morgan fingerprint density at radius 2 is 2.39 bits per heavy atom. The van der Waals surface area contributed by atoms with Gasteiger partial charge in [0.05, 0.1) is 12.1 Å². The highest BCUT2D eigenvalue weighted by Crippen LogP contribution is 2.28. The topological polar surface area (TPSA) is 29.5 Å². The zero-order valence-corrected chi connectivity index (χ0v) is 12.1. The zero-order chi connectivity index (χ0) is 13.2. The summed E-state index contributed by atoms with van der Waals surface area (Å²) in [5.41, 5.74) is -0.119. The van der Waals surface area contributed by atoms with Crippen molar-refractivity contribution in [2.45, 2.75) is 51.8 Å². The van der Waals surface area contributed by atoms with Gasteiger partial charge in [-0.3, -0.25) is 4.79 Å². The molecule has 1 amide bonds. The van der Waals surface area contributed by atoms with Gasteiger partial charge in [-0.25, -0.2) is 0 Å². The predicted octanol–water partition coefficient (Wildman–Crippen LogP) is 3.05. The molecule has 0 unspecified atom stereocenters. The average molecular weight is 267 g/mol. The molecule has 1 aromatic rings. The van der Waals surface area contributed by atoms with E-state index in [9.17, 15) is 4.79 Å². The van der Waals surface area contributed by atoms with Crippen LogP contribution in [0.1, 0.15) is 38.5 Å². The van der Waals surface area contributed by atoms with Gasteiger partial charge in [0.25, 0.3) is 0 Å². The first kappa shape index (κ1) is 13.6. The lowest BCUT2D eigenvalue weighted by atomic mass is 9.92. The lowest BCUT2D eigenvalue weighted by molar-refractivity contribution is -0.138. The quantitative estimate of drug-likeness (QED) is 0.842. The van der Waals surface area contributed by atoms with Crippen LogP contribution in [0, 0.1) is 0 Å². The summed E-state index contributed by atoms with van der Waals surface area (Å²) < 4.78 is 5.73. The van der Waals surface area contributed by atoms with Crippen LogP contribution in [0.2, 0.25) is 0 Å². The van der Waals surface area contributed by atoms with E-state index in [0.717, 1.165) is 26.0 Å². The van der Waals surface area contributed by atoms with Crippen molar-refractivity contribution in [3.63, 3.8) is 0 Å². The molecule has 0 spiro atoms. The second-order valence-corrected chi connectivity index (χ2v) is 6.51. The first-order valence-corrected chi connectivity index (χ1v) is 7.29. The van der Waals surface area contributed by atoms with Crippen molar-refractivity contribution < 1.29 is 9.53 Å². The lowest BCUT2D eigenvalue weighted by Gasteiger charge is -2.40. The van der Waals surface area contributed by atoms with Gasteiger partial charge in [-0.05, 0) is 38.1 Å². The molecule has 18 heavy (non-hydrogen) atoms. The Hall–Kier alpha value is -0.870. The van der Waals surface area contributed by atoms with Crippen molar-refractivity contribution in [3.8, 4) is 0 Å². The number of carbonyl (C=O) groups excluding carboxylic acids is 1. The Kier molecular flexibility index (Phi) is 4.07. The van der Waals surface area contributed by atoms with Crippen LogP contribution in [0.4, 0.5) is 0 Å². The van der Waals surface area contributed by atoms with Gasteiger partial charge in [0, 0.05) is 24.4 Å². The molecule has 1 aliphatic rings. The minimum atomic E-state index is -0.119. The molecule has 100 valence electrons. The molecule has 0 aromatic carbocycles. The predicted molar refractivity (Wildman–Crippen MR) is 73.6 cm³/mol. The molecule has 1 aromatic heterocycles. The third-order valence-corrected chi connectivity index (χ3v) is 4.28. The Morgan fingerprint density at radius 1 is 1.61 bits per heavy atom. The van der Waals surface area contributed by atoms with Crippen molar-refractivity contribution in [1.29, 1.82) is 0 Å². The maximum Gasteiger partial charge on any atom is 0.220 e. The first-order valence-electron chi connectivity index (χ1n) is 6.41. The summed E-state index contributed by atoms with van der Waals surface area (Å²) in [6.07, 6.45) is 1.85. The molecular formula is C14H21NO2S. The summed E-state index contributed by atoms with van der Waals surface area (Å²) in [5, 5.41) is 2.06. The summed E-state index contributed by atoms with van der Waals surface area (Å²) in [6.45, 7) is 7.33. The van der Waals surface area contributed by atoms with E-state index < -0.39 is 0 Å². The molecule has 0 bridgehead atoms. The summed E-state index contributed by atoms with van der Waals surface area (Å²) in [5.74, 6) is 0.158. The summed E-state index contributed by atoms with van der Waals surface area (Å²) in [4.78, 5) is 15.1. The zero-order valence-electron chi connectivity index (χ0n) is 11.3. The molecule has 1 saturated heterocycles. The van der Waals surface area contributed by atoms with E-state index in [4.69, 9.17) is 4.74 Å². The van der Waals surface area contributed by atoms with Gasteiger partial charge in [-0.15, -0.1) is 11.3 Å². The molecule has 0 N–H and O–H groups in total. The van der Waals surface area contributed by atoms with Gasteiger partial charge in [-0.2, -0.15) is 0 Å². The number of thiophene rings is 1. The second-order valence-electron chi connectivity index (χ2n) is 5.48. The van der Waals surface area contributed by atoms with Gasteiger partial charge < -0.3 is 9.64 Å². The maximum absolute atomic E-state index is 11.9. The Labute approximate surface area is 113 Å². The average Bonchev–Trinajstić information content (AvgIpc) is 2.76. The van der Waals surface area contributed by atoms with Gasteiger partial charge in [0.2, 0.25) is 5.91 Å². The van der Waals surface area contributed by atoms with Crippen LogP contribution < -0.4 is 0 Å². The summed E-state index contributed by atoms with van der Waals surface area (Å²) >= 11 is 1.71. The largest absolute Gasteiger partial charge is 0.375 e. The number of hydrogen-bond donors (Lipinski definition) is 0. The van der Waals surface area contributed by atoms with E-state index in [2.05, 4.69) is 25.3 Å². The SMILES string of the molecule is CC(=O)N(Cc1cccs1)[C@H]1CCOC(C)(C)C1. The Morgan fingerprint density at radius 3 is 2.94 bits per heavy atom. The minimum absolute atomic E-state index is 0.119. The number of hydrogen-bond acceptors (Lipinski definition) is 3. The standard InChI is InChI=1S/C14H21NO2S/c1-11(16)15(10-13-5-4-8-18-13)12-6-7-17-14(2,3)9-12/h4-5,8,12H,6-7,9-10H2,1-3H3/t12-/m0/s1. The van der Waals surface area contributed by atoms with Crippen LogP contribution in [0.25, 0.3) is 0 Å². The van der Waals surface area contributed by atoms with Crippen molar-refractivity contribution in [1.82, 2.24) is 4.90 Å². The highest BCUT2D eigenvalue weighted by atomic mass is 32.1. The number of amides is 1. The van der Waals surface area contributed by atoms with Gasteiger partial charge >= 0.3 is 0 Å². The highest BCUT2D eigenvalue weighted by molar-refractivity contribution is 7.09. The normalized spacial score (nSPS) is 22.7. The van der Waals surface area contributed by atoms with Crippen LogP contribution in [0.15, 0.2) is 17.5 Å². The molecule has 0 saturated carbocycles. The van der Waals surface area contributed by atoms with E-state index in [-0.39, 0.29) is 11.5 Å². The molecule has 0 aliphatic carbocycles. The first-order chi connectivity index (χ1) is 8.48. The molecule has 1 atom stereocenters. The summed E-state index contributed by atoms with van der Waals surface area (Å²) in [7, 11) is 0. The van der Waals surface area contributed by atoms with Crippen LogP contribution in [0.3, 0.4) is 0 Å². The minimum Gasteiger partial charge on any atom is -0.375 e. The van der Waals surface area contributed by atoms with E-state index in [1.807, 2.05) is 11.0 Å². The van der Waals surface area contributed by atoms with Crippen LogP contribution in [0.5, 0.6) is 0 Å². The maximum atomic E-state index is 11.9. The molecule has 2 heterocycles. The monoisotopic (exact) mass is 267 g/mol. The molecule has 1 fully saturated rings. The molecular weight excluding hydrogens is 246 g/mol. The fourth-order valence-electron chi connectivity index (χ4n) is 2.53. The molecule has 3 nitrogen and oxygen atoms in total. The van der Waals surface area contributed by atoms with Crippen molar-refractivity contribution in [2.24, 2.45) is 0 Å². The van der Waals surface area contributed by atoms with Gasteiger partial charge in [-0.1, -0.05) is 6.07 Å². The molecule has 0 radical (unpaired) electrons. The van der Waals surface area contributed by atoms with E-state index >= 15 is 0 Å². The van der Waals surface area contributed by atoms with Gasteiger partial charge in [0.15, 0.2) is 0 Å². The number of ether oxygens (including phenoxy) is 1. The fourth-order valence-corrected chi connectivity index (χ4v) is 3.24. The number of nitrogens with zero attached hydrogens (tertiary/aromatic N) is 1. The molecule has 4 heteroatoms. The highest BCUT2D eigenvalue weighted by Gasteiger charge is 2.33. The van der Waals surface area contributed by atoms with Crippen LogP contribution >= 0.6 is 11.3 Å². The van der Waals surface area contributed by atoms with E-state index in [1.165, 1.54) is 4.88 Å². The smallest absolute Gasteiger partial charge is 0.220 e. The van der Waals surface area contributed by atoms with Crippen molar-refractivity contribution in [3.05, 3.63) is 22.4 Å². The van der Waals surface area contributed by atoms with Crippen LogP contribution in [-0.2, 0) is 16.1 Å². The Balaban J connectivity index is 2.07. The van der Waals surface area contributed by atoms with Crippen LogP contribution in [-0.4, -0.2) is 29.1 Å². The Bertz CT molecular complexity index is 400. The molecule has 1 aliphatic heterocycles. The third-order valence-electron chi connectivity index (χ3n) is 3.42. The van der Waals surface area contributed by atoms with E-state index in [1.54, 1.807) is 18.3 Å². The molecule has 2 rings (SSSR count). The number of rotatable bonds is 3. The fraction of sp³-hybridized carbons (Fsp3) is 0.643. The lowest BCUT2D eigenvalue weighted by Crippen LogP contribution is -2.47. The van der Waals surface area contributed by atoms with Crippen molar-refractivity contribution in [2.75, 3.05) is 6.61 Å². The number of carbonyl (C=O) groups is 1. The van der Waals surface area contributed by atoms with E-state index in [0.29, 0.717) is 6.04 Å². The third kappa shape index (κ3) is 3.33. The van der Waals surface area contributed by atoms with Gasteiger partial charge in [0.1, 0.15) is 0 Å². The van der Waals surface area contributed by atoms with Crippen molar-refractivity contribution >= 4 is 17.2 Å². The summed E-state index contributed by atoms with van der Waals surface area (Å²) in [6, 6.07) is 4.42.